The average Bonchev–Trinajstić information content (AvgIpc) is 4.13. The molecule has 0 bridgehead atoms. The van der Waals surface area contributed by atoms with Gasteiger partial charge in [-0.15, -0.1) is 74.6 Å². The van der Waals surface area contributed by atoms with E-state index < -0.39 is 0 Å². The van der Waals surface area contributed by atoms with Crippen LogP contribution in [0.2, 0.25) is 0 Å². The SMILES string of the molecule is CC(C)Cc1cc2c(-c3ccccc3-c3cccc4ccccc34)cccc2[cH-]1.CC(C)Cc1cc2c(-c3ccccc3-c3cccc4ccccc34)cccc2[cH-]1.[Zr+3].[c-]1cccc2c1[Si]c1ccccc1-2. The Morgan fingerprint density at radius 2 is 0.722 bits per heavy atom. The first kappa shape index (κ1) is 48.7. The second kappa shape index (κ2) is 21.8. The summed E-state index contributed by atoms with van der Waals surface area (Å²) in [4.78, 5) is 0. The number of hydrogen-bond donors (Lipinski definition) is 0. The number of hydrogen-bond acceptors (Lipinski definition) is 0. The Kier molecular flexibility index (Phi) is 14.7. The van der Waals surface area contributed by atoms with E-state index in [0.29, 0.717) is 11.8 Å². The molecular formula is C70H57SiZr. The summed E-state index contributed by atoms with van der Waals surface area (Å²) >= 11 is 0. The predicted molar refractivity (Wildman–Crippen MR) is 309 cm³/mol. The standard InChI is InChI=1S/2C29H25.C12H7Si.Zr/c2*1-20(2)17-21-18-23-11-8-16-28(29(23)19-21)27-14-6-5-13-26(27)25-15-7-10-22-9-3-4-12-24(22)25;1-3-7-11-9(5-1)10-6-2-4-8-12(10)13-11;/h2*3-16,18-20H,17H2,1-2H3;1-7H;/q3*-1;+3. The smallest absolute Gasteiger partial charge is 0.184 e. The third kappa shape index (κ3) is 10.1. The molecule has 0 aromatic heterocycles. The van der Waals surface area contributed by atoms with Crippen LogP contribution >= 0.6 is 0 Å². The molecule has 0 aliphatic carbocycles. The van der Waals surface area contributed by atoms with Crippen molar-refractivity contribution in [1.29, 1.82) is 0 Å². The molecule has 0 amide bonds. The van der Waals surface area contributed by atoms with Crippen LogP contribution in [0.4, 0.5) is 0 Å². The Morgan fingerprint density at radius 1 is 0.361 bits per heavy atom. The van der Waals surface area contributed by atoms with E-state index in [1.165, 1.54) is 120 Å². The van der Waals surface area contributed by atoms with Crippen LogP contribution in [0.15, 0.2) is 237 Å². The van der Waals surface area contributed by atoms with Crippen LogP contribution in [-0.2, 0) is 39.0 Å². The minimum Gasteiger partial charge on any atom is -0.184 e. The van der Waals surface area contributed by atoms with Crippen molar-refractivity contribution >= 4 is 63.0 Å². The summed E-state index contributed by atoms with van der Waals surface area (Å²) in [5, 5.41) is 13.4. The Balaban J connectivity index is 0.000000132. The van der Waals surface area contributed by atoms with Crippen LogP contribution in [0.25, 0.3) is 98.7 Å². The first-order valence-electron chi connectivity index (χ1n) is 25.2. The van der Waals surface area contributed by atoms with Gasteiger partial charge < -0.3 is 0 Å². The molecule has 1 heterocycles. The van der Waals surface area contributed by atoms with Crippen molar-refractivity contribution in [3.05, 3.63) is 254 Å². The molecule has 2 heteroatoms. The summed E-state index contributed by atoms with van der Waals surface area (Å²) in [6.45, 7) is 9.14. The van der Waals surface area contributed by atoms with Crippen LogP contribution in [0.5, 0.6) is 0 Å². The molecule has 1 aliphatic rings. The van der Waals surface area contributed by atoms with Gasteiger partial charge in [0, 0.05) is 0 Å². The largest absolute Gasteiger partial charge is 3.00 e. The van der Waals surface area contributed by atoms with Gasteiger partial charge in [-0.1, -0.05) is 219 Å². The Morgan fingerprint density at radius 3 is 1.19 bits per heavy atom. The number of rotatable bonds is 8. The fourth-order valence-corrected chi connectivity index (χ4v) is 12.1. The molecule has 13 rings (SSSR count). The molecule has 0 saturated heterocycles. The van der Waals surface area contributed by atoms with Crippen molar-refractivity contribution in [2.75, 3.05) is 0 Å². The maximum absolute atomic E-state index is 3.31. The quantitative estimate of drug-likeness (QED) is 0.105. The summed E-state index contributed by atoms with van der Waals surface area (Å²) in [5.41, 5.74) is 16.1. The Hall–Kier alpha value is -6.96. The van der Waals surface area contributed by atoms with E-state index in [4.69, 9.17) is 0 Å². The van der Waals surface area contributed by atoms with Crippen LogP contribution in [-0.4, -0.2) is 9.52 Å². The molecule has 0 N–H and O–H groups in total. The summed E-state index contributed by atoms with van der Waals surface area (Å²) in [7, 11) is 0.795. The van der Waals surface area contributed by atoms with E-state index in [2.05, 4.69) is 264 Å². The molecule has 0 unspecified atom stereocenters. The van der Waals surface area contributed by atoms with Gasteiger partial charge in [-0.05, 0) is 79.6 Å². The predicted octanol–water partition coefficient (Wildman–Crippen LogP) is 17.6. The molecular weight excluding hydrogens is 960 g/mol. The van der Waals surface area contributed by atoms with Crippen LogP contribution in [0.1, 0.15) is 38.8 Å². The maximum Gasteiger partial charge on any atom is 3.00 e. The van der Waals surface area contributed by atoms with Crippen molar-refractivity contribution < 1.29 is 26.2 Å². The van der Waals surface area contributed by atoms with Crippen LogP contribution in [0, 0.1) is 17.9 Å². The fourth-order valence-electron chi connectivity index (χ4n) is 10.8. The topological polar surface area (TPSA) is 0 Å². The molecule has 0 nitrogen and oxygen atoms in total. The maximum atomic E-state index is 3.31. The molecule has 72 heavy (non-hydrogen) atoms. The molecule has 0 atom stereocenters. The first-order chi connectivity index (χ1) is 34.9. The molecule has 1 aliphatic heterocycles. The van der Waals surface area contributed by atoms with Gasteiger partial charge in [0.2, 0.25) is 0 Å². The minimum atomic E-state index is 0. The third-order valence-corrected chi connectivity index (χ3v) is 15.2. The molecule has 12 aromatic rings. The van der Waals surface area contributed by atoms with E-state index in [0.717, 1.165) is 22.4 Å². The summed E-state index contributed by atoms with van der Waals surface area (Å²) < 4.78 is 0. The van der Waals surface area contributed by atoms with Gasteiger partial charge in [0.25, 0.3) is 0 Å². The van der Waals surface area contributed by atoms with Crippen molar-refractivity contribution in [3.8, 4) is 55.6 Å². The van der Waals surface area contributed by atoms with Crippen LogP contribution in [0.3, 0.4) is 0 Å². The Bertz CT molecular complexity index is 3560. The second-order valence-corrected chi connectivity index (χ2v) is 21.1. The zero-order valence-electron chi connectivity index (χ0n) is 41.6. The molecule has 0 fully saturated rings. The van der Waals surface area contributed by atoms with Crippen LogP contribution < -0.4 is 10.4 Å². The van der Waals surface area contributed by atoms with Gasteiger partial charge in [0.15, 0.2) is 0 Å². The van der Waals surface area contributed by atoms with Gasteiger partial charge in [0.1, 0.15) is 0 Å². The summed E-state index contributed by atoms with van der Waals surface area (Å²) in [6.07, 6.45) is 2.25. The fraction of sp³-hybridized carbons (Fsp3) is 0.114. The third-order valence-electron chi connectivity index (χ3n) is 13.8. The van der Waals surface area contributed by atoms with E-state index in [-0.39, 0.29) is 26.2 Å². The average molecular weight is 1020 g/mol. The van der Waals surface area contributed by atoms with Crippen molar-refractivity contribution in [2.45, 2.75) is 40.5 Å². The molecule has 0 saturated carbocycles. The zero-order valence-corrected chi connectivity index (χ0v) is 45.0. The van der Waals surface area contributed by atoms with E-state index >= 15 is 0 Å². The first-order valence-corrected chi connectivity index (χ1v) is 26.2. The number of fused-ring (bicyclic) bond motifs is 7. The normalized spacial score (nSPS) is 11.5. The van der Waals surface area contributed by atoms with Gasteiger partial charge in [-0.2, -0.15) is 41.6 Å². The van der Waals surface area contributed by atoms with E-state index in [1.54, 1.807) is 0 Å². The van der Waals surface area contributed by atoms with Crippen molar-refractivity contribution in [2.24, 2.45) is 11.8 Å². The summed E-state index contributed by atoms with van der Waals surface area (Å²) in [6, 6.07) is 89.3. The number of benzene rings is 10. The minimum absolute atomic E-state index is 0. The zero-order chi connectivity index (χ0) is 48.3. The molecule has 345 valence electrons. The van der Waals surface area contributed by atoms with Gasteiger partial charge in [-0.3, -0.25) is 0 Å². The van der Waals surface area contributed by atoms with Crippen molar-refractivity contribution in [3.63, 3.8) is 0 Å². The summed E-state index contributed by atoms with van der Waals surface area (Å²) in [5.74, 6) is 1.33. The van der Waals surface area contributed by atoms with E-state index in [1.807, 2.05) is 6.07 Å². The van der Waals surface area contributed by atoms with Gasteiger partial charge >= 0.3 is 26.2 Å². The Labute approximate surface area is 447 Å². The van der Waals surface area contributed by atoms with Gasteiger partial charge in [-0.25, -0.2) is 0 Å². The molecule has 12 aromatic carbocycles. The van der Waals surface area contributed by atoms with Gasteiger partial charge in [0.05, 0.1) is 9.52 Å². The monoisotopic (exact) mass is 1020 g/mol. The van der Waals surface area contributed by atoms with Crippen molar-refractivity contribution in [1.82, 2.24) is 0 Å². The molecule has 0 spiro atoms. The van der Waals surface area contributed by atoms with E-state index in [9.17, 15) is 0 Å². The molecule has 3 radical (unpaired) electrons. The second-order valence-electron chi connectivity index (χ2n) is 19.8.